The zero-order chi connectivity index (χ0) is 20.5. The Kier molecular flexibility index (Phi) is 9.87. The minimum Gasteiger partial charge on any atom is -0.480 e. The second-order valence-electron chi connectivity index (χ2n) is 8.63. The maximum Gasteiger partial charge on any atom is 0.321 e. The molecule has 0 spiro atoms. The molecule has 1 heterocycles. The van der Waals surface area contributed by atoms with Crippen LogP contribution in [0.1, 0.15) is 82.8 Å². The molecule has 1 N–H and O–H groups in total. The first-order valence-corrected chi connectivity index (χ1v) is 11.8. The summed E-state index contributed by atoms with van der Waals surface area (Å²) in [6, 6.07) is 8.47. The quantitative estimate of drug-likeness (QED) is 0.444. The highest BCUT2D eigenvalue weighted by molar-refractivity contribution is 7.79. The normalized spacial score (nSPS) is 19.3. The molecule has 1 aromatic rings. The predicted molar refractivity (Wildman–Crippen MR) is 121 cm³/mol. The number of benzene rings is 1. The number of hydrogen-bond acceptors (Lipinski definition) is 3. The zero-order valence-electron chi connectivity index (χ0n) is 17.9. The molecule has 28 heavy (non-hydrogen) atoms. The minimum absolute atomic E-state index is 0.266. The molecule has 1 fully saturated rings. The van der Waals surface area contributed by atoms with Gasteiger partial charge in [-0.1, -0.05) is 64.3 Å². The molecule has 3 atom stereocenters. The highest BCUT2D eigenvalue weighted by atomic mass is 32.1. The van der Waals surface area contributed by atoms with Crippen LogP contribution in [0.25, 0.3) is 0 Å². The number of rotatable bonds is 11. The van der Waals surface area contributed by atoms with Gasteiger partial charge in [-0.3, -0.25) is 9.69 Å². The van der Waals surface area contributed by atoms with Crippen molar-refractivity contribution in [2.75, 3.05) is 13.1 Å². The average Bonchev–Trinajstić information content (AvgIpc) is 2.72. The fraction of sp³-hybridized carbons (Fsp3) is 0.708. The lowest BCUT2D eigenvalue weighted by atomic mass is 9.83. The summed E-state index contributed by atoms with van der Waals surface area (Å²) in [6.45, 7) is 8.46. The molecule has 3 nitrogen and oxygen atoms in total. The second kappa shape index (κ2) is 11.9. The number of carboxylic acid groups (broad SMARTS) is 1. The smallest absolute Gasteiger partial charge is 0.321 e. The maximum atomic E-state index is 12.2. The maximum absolute atomic E-state index is 12.2. The van der Waals surface area contributed by atoms with Crippen LogP contribution in [0.3, 0.4) is 0 Å². The van der Waals surface area contributed by atoms with Crippen LogP contribution in [-0.4, -0.2) is 35.1 Å². The molecule has 1 aliphatic heterocycles. The topological polar surface area (TPSA) is 40.5 Å². The summed E-state index contributed by atoms with van der Waals surface area (Å²) in [6.07, 6.45) is 7.52. The van der Waals surface area contributed by atoms with E-state index in [1.54, 1.807) is 0 Å². The summed E-state index contributed by atoms with van der Waals surface area (Å²) in [5, 5.41) is 10.0. The Labute approximate surface area is 177 Å². The van der Waals surface area contributed by atoms with Gasteiger partial charge in [-0.15, -0.1) is 0 Å². The van der Waals surface area contributed by atoms with E-state index in [1.807, 2.05) is 0 Å². The highest BCUT2D eigenvalue weighted by Crippen LogP contribution is 2.32. The van der Waals surface area contributed by atoms with E-state index in [0.717, 1.165) is 57.4 Å². The third-order valence-electron chi connectivity index (χ3n) is 6.64. The molecule has 2 rings (SSSR count). The molecule has 1 aliphatic rings. The zero-order valence-corrected chi connectivity index (χ0v) is 18.8. The van der Waals surface area contributed by atoms with E-state index in [0.29, 0.717) is 11.8 Å². The standard InChI is InChI=1S/C24H39NO2S/c1-4-6-22(10-7-18(3)5-2)23(24(26)27)25-15-13-21(14-16-25)20-11-8-19(17-28)9-12-20/h8-9,11-12,18,21-23,28H,4-7,10,13-17H2,1-3H3,(H,26,27). The molecule has 0 aliphatic carbocycles. The number of nitrogens with zero attached hydrogens (tertiary/aromatic N) is 1. The van der Waals surface area contributed by atoms with Crippen molar-refractivity contribution in [1.29, 1.82) is 0 Å². The SMILES string of the molecule is CCCC(CCC(C)CC)C(C(=O)O)N1CCC(c2ccc(CS)cc2)CC1. The summed E-state index contributed by atoms with van der Waals surface area (Å²) in [5.74, 6) is 1.64. The number of carbonyl (C=O) groups is 1. The fourth-order valence-electron chi connectivity index (χ4n) is 4.60. The number of carboxylic acids is 1. The van der Waals surface area contributed by atoms with Gasteiger partial charge in [-0.05, 0) is 67.7 Å². The first kappa shape index (κ1) is 23.3. The number of aliphatic carboxylic acids is 1. The lowest BCUT2D eigenvalue weighted by Gasteiger charge is -2.39. The van der Waals surface area contributed by atoms with E-state index in [2.05, 4.69) is 62.6 Å². The van der Waals surface area contributed by atoms with Crippen molar-refractivity contribution < 1.29 is 9.90 Å². The van der Waals surface area contributed by atoms with Gasteiger partial charge < -0.3 is 5.11 Å². The Bertz CT molecular complexity index is 581. The highest BCUT2D eigenvalue weighted by Gasteiger charge is 2.35. The summed E-state index contributed by atoms with van der Waals surface area (Å²) < 4.78 is 0. The van der Waals surface area contributed by atoms with Crippen LogP contribution in [0.4, 0.5) is 0 Å². The van der Waals surface area contributed by atoms with Crippen molar-refractivity contribution in [2.45, 2.75) is 83.4 Å². The summed E-state index contributed by atoms with van der Waals surface area (Å²) in [4.78, 5) is 14.5. The van der Waals surface area contributed by atoms with Crippen LogP contribution in [0.5, 0.6) is 0 Å². The molecule has 158 valence electrons. The number of hydrogen-bond donors (Lipinski definition) is 2. The molecule has 0 amide bonds. The van der Waals surface area contributed by atoms with Crippen LogP contribution >= 0.6 is 12.6 Å². The largest absolute Gasteiger partial charge is 0.480 e. The van der Waals surface area contributed by atoms with Crippen molar-refractivity contribution in [1.82, 2.24) is 4.90 Å². The van der Waals surface area contributed by atoms with Gasteiger partial charge in [0.15, 0.2) is 0 Å². The summed E-state index contributed by atoms with van der Waals surface area (Å²) >= 11 is 4.33. The van der Waals surface area contributed by atoms with Crippen molar-refractivity contribution in [2.24, 2.45) is 11.8 Å². The first-order chi connectivity index (χ1) is 13.5. The van der Waals surface area contributed by atoms with Crippen LogP contribution in [0.2, 0.25) is 0 Å². The van der Waals surface area contributed by atoms with Crippen LogP contribution in [0.15, 0.2) is 24.3 Å². The molecule has 0 bridgehead atoms. The van der Waals surface area contributed by atoms with E-state index in [4.69, 9.17) is 0 Å². The van der Waals surface area contributed by atoms with Gasteiger partial charge >= 0.3 is 5.97 Å². The first-order valence-electron chi connectivity index (χ1n) is 11.2. The van der Waals surface area contributed by atoms with Crippen LogP contribution < -0.4 is 0 Å². The Morgan fingerprint density at radius 3 is 2.29 bits per heavy atom. The van der Waals surface area contributed by atoms with E-state index < -0.39 is 5.97 Å². The van der Waals surface area contributed by atoms with Gasteiger partial charge in [0.25, 0.3) is 0 Å². The lowest BCUT2D eigenvalue weighted by Crippen LogP contribution is -2.49. The summed E-state index contributed by atoms with van der Waals surface area (Å²) in [7, 11) is 0. The monoisotopic (exact) mass is 405 g/mol. The molecule has 1 aromatic carbocycles. The lowest BCUT2D eigenvalue weighted by molar-refractivity contribution is -0.146. The average molecular weight is 406 g/mol. The van der Waals surface area contributed by atoms with E-state index in [1.165, 1.54) is 17.5 Å². The fourth-order valence-corrected chi connectivity index (χ4v) is 4.81. The summed E-state index contributed by atoms with van der Waals surface area (Å²) in [5.41, 5.74) is 2.64. The Morgan fingerprint density at radius 2 is 1.79 bits per heavy atom. The van der Waals surface area contributed by atoms with Gasteiger partial charge in [0.2, 0.25) is 0 Å². The van der Waals surface area contributed by atoms with Crippen molar-refractivity contribution in [3.8, 4) is 0 Å². The Morgan fingerprint density at radius 1 is 1.14 bits per heavy atom. The molecule has 4 heteroatoms. The third kappa shape index (κ3) is 6.52. The third-order valence-corrected chi connectivity index (χ3v) is 7.01. The molecule has 0 saturated carbocycles. The molecule has 0 aromatic heterocycles. The molecule has 0 radical (unpaired) electrons. The van der Waals surface area contributed by atoms with Gasteiger partial charge in [0.05, 0.1) is 0 Å². The number of likely N-dealkylation sites (tertiary alicyclic amines) is 1. The van der Waals surface area contributed by atoms with Crippen molar-refractivity contribution in [3.05, 3.63) is 35.4 Å². The minimum atomic E-state index is -0.626. The number of piperidine rings is 1. The van der Waals surface area contributed by atoms with E-state index >= 15 is 0 Å². The molecular weight excluding hydrogens is 366 g/mol. The predicted octanol–water partition coefficient (Wildman–Crippen LogP) is 5.99. The Balaban J connectivity index is 2.00. The Hall–Kier alpha value is -1.00. The second-order valence-corrected chi connectivity index (χ2v) is 8.95. The van der Waals surface area contributed by atoms with Gasteiger partial charge in [0.1, 0.15) is 6.04 Å². The van der Waals surface area contributed by atoms with E-state index in [-0.39, 0.29) is 12.0 Å². The van der Waals surface area contributed by atoms with E-state index in [9.17, 15) is 9.90 Å². The molecule has 3 unspecified atom stereocenters. The number of thiol groups is 1. The molecular formula is C24H39NO2S. The van der Waals surface area contributed by atoms with Gasteiger partial charge in [0, 0.05) is 5.75 Å². The van der Waals surface area contributed by atoms with Crippen molar-refractivity contribution in [3.63, 3.8) is 0 Å². The van der Waals surface area contributed by atoms with Crippen LogP contribution in [0, 0.1) is 11.8 Å². The van der Waals surface area contributed by atoms with Crippen LogP contribution in [-0.2, 0) is 10.5 Å². The molecule has 1 saturated heterocycles. The van der Waals surface area contributed by atoms with Gasteiger partial charge in [-0.2, -0.15) is 12.6 Å². The van der Waals surface area contributed by atoms with Gasteiger partial charge in [-0.25, -0.2) is 0 Å². The van der Waals surface area contributed by atoms with Crippen molar-refractivity contribution >= 4 is 18.6 Å².